The van der Waals surface area contributed by atoms with Crippen LogP contribution in [0.3, 0.4) is 0 Å². The molecule has 0 fully saturated rings. The van der Waals surface area contributed by atoms with Crippen LogP contribution in [0.15, 0.2) is 0 Å². The maximum absolute atomic E-state index is 11.3. The summed E-state index contributed by atoms with van der Waals surface area (Å²) < 4.78 is 22.7. The summed E-state index contributed by atoms with van der Waals surface area (Å²) in [6.07, 6.45) is 0. The number of aromatic nitrogens is 2. The van der Waals surface area contributed by atoms with E-state index in [1.54, 1.807) is 20.8 Å². The normalized spacial score (nSPS) is 11.3. The molecule has 0 saturated carbocycles. The Balaban J connectivity index is 2.91. The highest BCUT2D eigenvalue weighted by atomic mass is 32.2. The lowest BCUT2D eigenvalue weighted by Gasteiger charge is -2.11. The smallest absolute Gasteiger partial charge is 0.339 e. The van der Waals surface area contributed by atoms with E-state index < -0.39 is 15.8 Å². The lowest BCUT2D eigenvalue weighted by atomic mass is 10.1. The molecular weight excluding hydrogens is 270 g/mol. The van der Waals surface area contributed by atoms with Gasteiger partial charge in [0.15, 0.2) is 15.7 Å². The van der Waals surface area contributed by atoms with Gasteiger partial charge in [0, 0.05) is 12.3 Å². The quantitative estimate of drug-likeness (QED) is 0.790. The molecule has 0 aliphatic heterocycles. The largest absolute Gasteiger partial charge is 0.478 e. The molecular formula is C11H17N3O4S. The second-order valence-electron chi connectivity index (χ2n) is 4.10. The maximum atomic E-state index is 11.3. The maximum Gasteiger partial charge on any atom is 0.339 e. The zero-order valence-corrected chi connectivity index (χ0v) is 11.9. The first-order chi connectivity index (χ1) is 8.78. The minimum atomic E-state index is -3.10. The molecule has 0 aliphatic rings. The summed E-state index contributed by atoms with van der Waals surface area (Å²) in [6, 6.07) is 0. The van der Waals surface area contributed by atoms with E-state index in [0.717, 1.165) is 0 Å². The van der Waals surface area contributed by atoms with Gasteiger partial charge in [0.05, 0.1) is 11.4 Å². The minimum Gasteiger partial charge on any atom is -0.478 e. The third kappa shape index (κ3) is 3.88. The topological polar surface area (TPSA) is 109 Å². The molecule has 0 radical (unpaired) electrons. The summed E-state index contributed by atoms with van der Waals surface area (Å²) >= 11 is 0. The van der Waals surface area contributed by atoms with Crippen LogP contribution in [0, 0.1) is 13.8 Å². The van der Waals surface area contributed by atoms with Gasteiger partial charge in [-0.1, -0.05) is 6.92 Å². The van der Waals surface area contributed by atoms with Crippen LogP contribution in [-0.4, -0.2) is 47.7 Å². The van der Waals surface area contributed by atoms with Crippen molar-refractivity contribution >= 4 is 21.6 Å². The average Bonchev–Trinajstić information content (AvgIpc) is 2.33. The van der Waals surface area contributed by atoms with Gasteiger partial charge in [0.2, 0.25) is 0 Å². The fourth-order valence-electron chi connectivity index (χ4n) is 1.46. The van der Waals surface area contributed by atoms with Gasteiger partial charge in [0.1, 0.15) is 5.56 Å². The van der Waals surface area contributed by atoms with Crippen LogP contribution < -0.4 is 5.32 Å². The predicted octanol–water partition coefficient (Wildman–Crippen LogP) is 0.638. The third-order valence-electron chi connectivity index (χ3n) is 2.81. The SMILES string of the molecule is CCS(=O)(=O)CCNc1nnc(C)c(C)c1C(=O)O. The molecule has 0 saturated heterocycles. The minimum absolute atomic E-state index is 0.0291. The number of carboxylic acid groups (broad SMARTS) is 1. The summed E-state index contributed by atoms with van der Waals surface area (Å²) in [7, 11) is -3.10. The molecule has 106 valence electrons. The molecule has 1 rings (SSSR count). The Morgan fingerprint density at radius 2 is 1.95 bits per heavy atom. The van der Waals surface area contributed by atoms with Gasteiger partial charge >= 0.3 is 5.97 Å². The van der Waals surface area contributed by atoms with Crippen molar-refractivity contribution in [1.82, 2.24) is 10.2 Å². The molecule has 7 nitrogen and oxygen atoms in total. The van der Waals surface area contributed by atoms with Crippen molar-refractivity contribution in [2.75, 3.05) is 23.4 Å². The third-order valence-corrected chi connectivity index (χ3v) is 4.52. The van der Waals surface area contributed by atoms with Crippen molar-refractivity contribution in [2.24, 2.45) is 0 Å². The van der Waals surface area contributed by atoms with Crippen molar-refractivity contribution in [2.45, 2.75) is 20.8 Å². The van der Waals surface area contributed by atoms with Crippen molar-refractivity contribution in [3.8, 4) is 0 Å². The van der Waals surface area contributed by atoms with E-state index in [1.807, 2.05) is 0 Å². The highest BCUT2D eigenvalue weighted by molar-refractivity contribution is 7.91. The zero-order chi connectivity index (χ0) is 14.6. The molecule has 1 aromatic rings. The molecule has 0 atom stereocenters. The van der Waals surface area contributed by atoms with E-state index >= 15 is 0 Å². The number of nitrogens with one attached hydrogen (secondary N) is 1. The summed E-state index contributed by atoms with van der Waals surface area (Å²) in [5.41, 5.74) is 1.08. The van der Waals surface area contributed by atoms with Gasteiger partial charge in [-0.05, 0) is 19.4 Å². The first kappa shape index (κ1) is 15.4. The molecule has 1 heterocycles. The fraction of sp³-hybridized carbons (Fsp3) is 0.545. The van der Waals surface area contributed by atoms with Crippen LogP contribution in [0.5, 0.6) is 0 Å². The van der Waals surface area contributed by atoms with Gasteiger partial charge in [-0.2, -0.15) is 5.10 Å². The number of aromatic carboxylic acids is 1. The Bertz CT molecular complexity index is 584. The predicted molar refractivity (Wildman–Crippen MR) is 71.3 cm³/mol. The highest BCUT2D eigenvalue weighted by Gasteiger charge is 2.18. The average molecular weight is 287 g/mol. The molecule has 0 amide bonds. The Kier molecular flexibility index (Phi) is 4.82. The van der Waals surface area contributed by atoms with Crippen LogP contribution in [-0.2, 0) is 9.84 Å². The molecule has 1 aromatic heterocycles. The molecule has 2 N–H and O–H groups in total. The number of nitrogens with zero attached hydrogens (tertiary/aromatic N) is 2. The molecule has 8 heteroatoms. The monoisotopic (exact) mass is 287 g/mol. The van der Waals surface area contributed by atoms with Gasteiger partial charge in [-0.3, -0.25) is 0 Å². The standard InChI is InChI=1S/C11H17N3O4S/c1-4-19(17,18)6-5-12-10-9(11(15)16)7(2)8(3)13-14-10/h4-6H2,1-3H3,(H,12,14)(H,15,16). The van der Waals surface area contributed by atoms with Crippen molar-refractivity contribution in [1.29, 1.82) is 0 Å². The van der Waals surface area contributed by atoms with Gasteiger partial charge in [-0.15, -0.1) is 5.10 Å². The Morgan fingerprint density at radius 3 is 2.47 bits per heavy atom. The fourth-order valence-corrected chi connectivity index (χ4v) is 2.16. The summed E-state index contributed by atoms with van der Waals surface area (Å²) in [6.45, 7) is 4.98. The number of hydrogen-bond acceptors (Lipinski definition) is 6. The van der Waals surface area contributed by atoms with Gasteiger partial charge in [0.25, 0.3) is 0 Å². The van der Waals surface area contributed by atoms with Crippen molar-refractivity contribution in [3.63, 3.8) is 0 Å². The first-order valence-electron chi connectivity index (χ1n) is 5.80. The van der Waals surface area contributed by atoms with E-state index in [9.17, 15) is 13.2 Å². The van der Waals surface area contributed by atoms with Gasteiger partial charge in [-0.25, -0.2) is 13.2 Å². The van der Waals surface area contributed by atoms with Crippen molar-refractivity contribution in [3.05, 3.63) is 16.8 Å². The second-order valence-corrected chi connectivity index (χ2v) is 6.58. The van der Waals surface area contributed by atoms with E-state index in [1.165, 1.54) is 0 Å². The number of carbonyl (C=O) groups is 1. The molecule has 0 aromatic carbocycles. The number of rotatable bonds is 6. The van der Waals surface area contributed by atoms with Crippen LogP contribution in [0.4, 0.5) is 5.82 Å². The van der Waals surface area contributed by atoms with Gasteiger partial charge < -0.3 is 10.4 Å². The number of carboxylic acids is 1. The van der Waals surface area contributed by atoms with E-state index in [2.05, 4.69) is 15.5 Å². The molecule has 0 bridgehead atoms. The summed E-state index contributed by atoms with van der Waals surface area (Å²) in [5, 5.41) is 19.5. The first-order valence-corrected chi connectivity index (χ1v) is 7.62. The van der Waals surface area contributed by atoms with Crippen LogP contribution in [0.2, 0.25) is 0 Å². The van der Waals surface area contributed by atoms with Crippen molar-refractivity contribution < 1.29 is 18.3 Å². The number of sulfone groups is 1. The summed E-state index contributed by atoms with van der Waals surface area (Å²) in [5.74, 6) is -1.03. The number of hydrogen-bond donors (Lipinski definition) is 2. The molecule has 19 heavy (non-hydrogen) atoms. The lowest BCUT2D eigenvalue weighted by molar-refractivity contribution is 0.0696. The Morgan fingerprint density at radius 1 is 1.32 bits per heavy atom. The lowest BCUT2D eigenvalue weighted by Crippen LogP contribution is -2.20. The zero-order valence-electron chi connectivity index (χ0n) is 11.1. The molecule has 0 unspecified atom stereocenters. The van der Waals surface area contributed by atoms with Crippen LogP contribution in [0.1, 0.15) is 28.5 Å². The number of anilines is 1. The molecule has 0 spiro atoms. The highest BCUT2D eigenvalue weighted by Crippen LogP contribution is 2.18. The van der Waals surface area contributed by atoms with E-state index in [0.29, 0.717) is 11.3 Å². The molecule has 0 aliphatic carbocycles. The van der Waals surface area contributed by atoms with Crippen LogP contribution in [0.25, 0.3) is 0 Å². The second kappa shape index (κ2) is 5.96. The van der Waals surface area contributed by atoms with Crippen LogP contribution >= 0.6 is 0 Å². The van der Waals surface area contributed by atoms with E-state index in [4.69, 9.17) is 5.11 Å². The summed E-state index contributed by atoms with van der Waals surface area (Å²) in [4.78, 5) is 11.2. The Hall–Kier alpha value is -1.70. The van der Waals surface area contributed by atoms with E-state index in [-0.39, 0.29) is 29.4 Å². The number of aryl methyl sites for hydroxylation is 1. The Labute approximate surface area is 112 Å².